The Bertz CT molecular complexity index is 143. The normalized spacial score (nSPS) is 7.05. The van der Waals surface area contributed by atoms with Crippen LogP contribution in [0.2, 0.25) is 0 Å². The Labute approximate surface area is 220 Å². The average molecular weight is 1090 g/mol. The number of alkyl halides is 1. The van der Waals surface area contributed by atoms with Crippen LogP contribution in [0.4, 0.5) is 11.9 Å². The van der Waals surface area contributed by atoms with Crippen molar-refractivity contribution in [2.45, 2.75) is 7.43 Å². The first-order valence-electron chi connectivity index (χ1n) is 3.23. The molecule has 0 aliphatic rings. The van der Waals surface area contributed by atoms with Gasteiger partial charge in [-0.1, -0.05) is 11.3 Å². The molecule has 0 aromatic heterocycles. The summed E-state index contributed by atoms with van der Waals surface area (Å²) in [5.74, 6) is 0. The van der Waals surface area contributed by atoms with Crippen molar-refractivity contribution in [1.82, 2.24) is 0 Å². The Kier molecular flexibility index (Phi) is 230. The number of hydrogen-bond acceptors (Lipinski definition) is 6. The predicted molar refractivity (Wildman–Crippen MR) is 97.2 cm³/mol. The van der Waals surface area contributed by atoms with Gasteiger partial charge in [-0.2, -0.15) is 4.21 Å². The Morgan fingerprint density at radius 2 is 1.85 bits per heavy atom. The Hall–Kier alpha value is 5.34. The largest absolute Gasteiger partial charge is 0 e. The third-order valence-electron chi connectivity index (χ3n) is 0.109. The Balaban J connectivity index is -0.0000000132. The van der Waals surface area contributed by atoms with E-state index in [0.717, 1.165) is 0 Å². The molecular formula is C3H14F3I2NO3P3S2UWY-. The smallest absolute Gasteiger partial charge is 0 e. The minimum atomic E-state index is -1.28. The van der Waals surface area contributed by atoms with Gasteiger partial charge < -0.3 is 14.1 Å². The molecule has 3 N–H and O–H groups in total. The van der Waals surface area contributed by atoms with Crippen LogP contribution in [0.15, 0.2) is 0 Å². The molecule has 0 heterocycles. The van der Waals surface area contributed by atoms with E-state index in [4.69, 9.17) is 16.6 Å². The molecule has 17 heteroatoms. The summed E-state index contributed by atoms with van der Waals surface area (Å²) in [5, 5.41) is 8.97. The summed E-state index contributed by atoms with van der Waals surface area (Å²) in [5.41, 5.74) is 0. The molecule has 2 unspecified atom stereocenters. The third-order valence-corrected chi connectivity index (χ3v) is 3.78. The summed E-state index contributed by atoms with van der Waals surface area (Å²) < 4.78 is 58.0. The first-order valence-corrected chi connectivity index (χ1v) is 16.9. The van der Waals surface area contributed by atoms with Gasteiger partial charge >= 0.3 is 37.9 Å². The summed E-state index contributed by atoms with van der Waals surface area (Å²) in [6, 6.07) is 0. The van der Waals surface area contributed by atoms with Gasteiger partial charge in [-0.05, 0) is 21.9 Å². The molecule has 0 amide bonds. The number of halogens is 5. The van der Waals surface area contributed by atoms with E-state index in [1.807, 2.05) is 0 Å². The Morgan fingerprint density at radius 1 is 1.75 bits per heavy atom. The molecule has 0 aromatic rings. The molecule has 125 valence electrons. The molecule has 0 aromatic carbocycles. The molecule has 0 aliphatic heterocycles. The van der Waals surface area contributed by atoms with Gasteiger partial charge in [0.05, 0.1) is 0 Å². The number of nitrogens with one attached hydrogen (secondary N) is 1. The van der Waals surface area contributed by atoms with Crippen molar-refractivity contribution in [2.75, 3.05) is 6.86 Å². The first-order chi connectivity index (χ1) is 9.01. The molecule has 0 bridgehead atoms. The quantitative estimate of drug-likeness (QED) is 0.102. The minimum Gasteiger partial charge on any atom is 0 e. The summed E-state index contributed by atoms with van der Waals surface area (Å²) in [7, 11) is 2.49. The SMILES string of the molecule is C.F[C-](I)PP.O=S.OS.[2H]OCF.[3H]P=N.[F][W][I].[U].[Y]. The van der Waals surface area contributed by atoms with Gasteiger partial charge in [-0.15, -0.1) is 8.93 Å². The van der Waals surface area contributed by atoms with E-state index in [2.05, 4.69) is 39.5 Å². The van der Waals surface area contributed by atoms with E-state index in [-0.39, 0.29) is 92.4 Å². The van der Waals surface area contributed by atoms with E-state index in [0.29, 0.717) is 0 Å². The summed E-state index contributed by atoms with van der Waals surface area (Å²) in [4.78, 5) is 0. The standard InChI is InChI=1S/CH3FIP2.CH3FO.CH4.FH.HI.H2NP.H2OS.OS.U.W.Y/c2-1(3)5-4;2-1-3;;;;3*1-2;;;/h5H,4H2;3H,1H2;1H4;2*1H;2*1-2H;;;;/q-1;;;;;;;;;+2;/p-2/i;3D;;;;2T;;;;;. The molecule has 4 nitrogen and oxygen atoms in total. The molecule has 0 saturated heterocycles. The van der Waals surface area contributed by atoms with Crippen LogP contribution < -0.4 is 0 Å². The fourth-order valence-corrected chi connectivity index (χ4v) is 0. The van der Waals surface area contributed by atoms with E-state index in [9.17, 15) is 11.9 Å². The van der Waals surface area contributed by atoms with E-state index >= 15 is 0 Å². The number of aliphatic hydroxyl groups excluding tert-OH is 1. The van der Waals surface area contributed by atoms with Gasteiger partial charge in [-0.25, -0.2) is 12.7 Å². The number of rotatable bonds is 2. The predicted octanol–water partition coefficient (Wildman–Crippen LogP) is 5.09. The zero-order valence-electron chi connectivity index (χ0n) is 10.7. The number of hydrogen-bond donors (Lipinski definition) is 4. The Morgan fingerprint density at radius 3 is 1.85 bits per heavy atom. The monoisotopic (exact) mass is 1090 g/mol. The van der Waals surface area contributed by atoms with E-state index in [1.165, 1.54) is 0 Å². The molecule has 20 heavy (non-hydrogen) atoms. The molecule has 0 rings (SSSR count). The number of aliphatic hydroxyl groups is 1. The third kappa shape index (κ3) is 216. The van der Waals surface area contributed by atoms with Crippen molar-refractivity contribution in [3.05, 3.63) is 3.92 Å². The van der Waals surface area contributed by atoms with Crippen molar-refractivity contribution in [1.29, 1.82) is 7.87 Å². The second-order valence-electron chi connectivity index (χ2n) is 0.572. The molecule has 1 radical (unpaired) electrons. The van der Waals surface area contributed by atoms with Crippen LogP contribution in [0.1, 0.15) is 7.43 Å². The average Bonchev–Trinajstić information content (AvgIpc) is 2.45. The summed E-state index contributed by atoms with van der Waals surface area (Å²) in [6.45, 7) is -1.01. The maximum Gasteiger partial charge on any atom is 0 e. The molecule has 0 spiro atoms. The van der Waals surface area contributed by atoms with Gasteiger partial charge in [0.1, 0.15) is 1.28 Å². The first kappa shape index (κ1) is 44.6. The topological polar surface area (TPSA) is 81.4 Å². The molecule has 0 aliphatic carbocycles. The second kappa shape index (κ2) is 103. The molecule has 2 atom stereocenters. The van der Waals surface area contributed by atoms with Crippen LogP contribution in [-0.2, 0) is 60.6 Å². The van der Waals surface area contributed by atoms with Gasteiger partial charge in [0, 0.05) is 63.8 Å². The zero-order valence-corrected chi connectivity index (χ0v) is 27.7. The van der Waals surface area contributed by atoms with E-state index < -0.39 is 22.3 Å². The minimum absolute atomic E-state index is 0. The maximum atomic E-state index is 11.3. The van der Waals surface area contributed by atoms with Crippen molar-refractivity contribution in [3.8, 4) is 0 Å². The zero-order chi connectivity index (χ0) is 17.1. The molecule has 0 saturated carbocycles. The van der Waals surface area contributed by atoms with Crippen molar-refractivity contribution >= 4 is 93.6 Å². The summed E-state index contributed by atoms with van der Waals surface area (Å²) in [6.07, 6.45) is 0. The second-order valence-corrected chi connectivity index (χ2v) is 7.27. The van der Waals surface area contributed by atoms with Gasteiger partial charge in [0.15, 0.2) is 19.4 Å². The van der Waals surface area contributed by atoms with Crippen LogP contribution in [0.25, 0.3) is 0 Å². The van der Waals surface area contributed by atoms with Crippen LogP contribution in [0.5, 0.6) is 0 Å². The van der Waals surface area contributed by atoms with Crippen LogP contribution in [0.3, 0.4) is 0 Å². The van der Waals surface area contributed by atoms with Crippen LogP contribution in [-0.4, -0.2) is 23.4 Å². The van der Waals surface area contributed by atoms with Crippen LogP contribution in [0, 0.1) is 40.2 Å². The fraction of sp³-hybridized carbons (Fsp3) is 0.667. The van der Waals surface area contributed by atoms with Crippen molar-refractivity contribution < 1.29 is 105 Å². The summed E-state index contributed by atoms with van der Waals surface area (Å²) >= 11 is 7.52. The van der Waals surface area contributed by atoms with Gasteiger partial charge in [-0.3, -0.25) is 27.8 Å². The molecular weight excluding hydrogens is 1080 g/mol. The van der Waals surface area contributed by atoms with Crippen molar-refractivity contribution in [3.63, 3.8) is 0 Å². The molecule has 0 fully saturated rings. The maximum absolute atomic E-state index is 11.3. The number of thiol groups is 1. The fourth-order valence-electron chi connectivity index (χ4n) is 0. The van der Waals surface area contributed by atoms with Gasteiger partial charge in [0.25, 0.3) is 0 Å². The van der Waals surface area contributed by atoms with Crippen LogP contribution >= 0.6 is 81.0 Å². The van der Waals surface area contributed by atoms with Crippen molar-refractivity contribution in [2.24, 2.45) is 0 Å². The van der Waals surface area contributed by atoms with Gasteiger partial charge in [0.2, 0.25) is 1.43 Å². The van der Waals surface area contributed by atoms with E-state index in [1.54, 1.807) is 41.9 Å².